The molecule has 26 heavy (non-hydrogen) atoms. The van der Waals surface area contributed by atoms with E-state index in [1.165, 1.54) is 10.3 Å². The zero-order valence-corrected chi connectivity index (χ0v) is 15.9. The van der Waals surface area contributed by atoms with Crippen molar-refractivity contribution in [2.75, 3.05) is 13.2 Å². The van der Waals surface area contributed by atoms with Crippen molar-refractivity contribution in [3.05, 3.63) is 69.4 Å². The van der Waals surface area contributed by atoms with E-state index >= 15 is 0 Å². The van der Waals surface area contributed by atoms with Gasteiger partial charge in [-0.05, 0) is 34.0 Å². The third-order valence-corrected chi connectivity index (χ3v) is 5.80. The van der Waals surface area contributed by atoms with Crippen LogP contribution >= 0.6 is 23.7 Å². The molecule has 0 spiro atoms. The van der Waals surface area contributed by atoms with Crippen molar-refractivity contribution in [2.24, 2.45) is 5.73 Å². The zero-order chi connectivity index (χ0) is 17.2. The molecule has 0 saturated heterocycles. The predicted molar refractivity (Wildman–Crippen MR) is 108 cm³/mol. The Hall–Kier alpha value is -1.92. The smallest absolute Gasteiger partial charge is 0.261 e. The van der Waals surface area contributed by atoms with Crippen LogP contribution in [-0.2, 0) is 17.8 Å². The largest absolute Gasteiger partial charge is 0.376 e. The number of benzene rings is 2. The first-order valence-electron chi connectivity index (χ1n) is 8.43. The van der Waals surface area contributed by atoms with E-state index in [4.69, 9.17) is 10.5 Å². The van der Waals surface area contributed by atoms with Gasteiger partial charge in [-0.25, -0.2) is 0 Å². The highest BCUT2D eigenvalue weighted by Crippen LogP contribution is 2.27. The minimum atomic E-state index is -0.201. The maximum Gasteiger partial charge on any atom is 0.261 e. The van der Waals surface area contributed by atoms with Gasteiger partial charge in [0.15, 0.2) is 0 Å². The van der Waals surface area contributed by atoms with Crippen molar-refractivity contribution >= 4 is 40.4 Å². The van der Waals surface area contributed by atoms with Crippen LogP contribution in [-0.4, -0.2) is 19.1 Å². The van der Waals surface area contributed by atoms with Gasteiger partial charge < -0.3 is 15.8 Å². The molecule has 3 N–H and O–H groups in total. The summed E-state index contributed by atoms with van der Waals surface area (Å²) in [6.07, 6.45) is 0.887. The van der Waals surface area contributed by atoms with Crippen LogP contribution in [0.1, 0.15) is 31.7 Å². The van der Waals surface area contributed by atoms with E-state index in [0.29, 0.717) is 13.2 Å². The van der Waals surface area contributed by atoms with Gasteiger partial charge in [0.1, 0.15) is 0 Å². The third-order valence-electron chi connectivity index (χ3n) is 4.57. The number of rotatable bonds is 4. The monoisotopic (exact) mass is 388 g/mol. The topological polar surface area (TPSA) is 64.3 Å². The van der Waals surface area contributed by atoms with Crippen molar-refractivity contribution in [3.63, 3.8) is 0 Å². The molecule has 0 radical (unpaired) electrons. The van der Waals surface area contributed by atoms with Gasteiger partial charge in [-0.15, -0.1) is 23.7 Å². The molecular weight excluding hydrogens is 368 g/mol. The Labute approximate surface area is 162 Å². The van der Waals surface area contributed by atoms with Gasteiger partial charge in [0.25, 0.3) is 5.91 Å². The Bertz CT molecular complexity index is 902. The Balaban J connectivity index is 0.00000196. The third kappa shape index (κ3) is 3.76. The number of carbonyl (C=O) groups excluding carboxylic acids is 1. The number of fused-ring (bicyclic) bond motifs is 2. The summed E-state index contributed by atoms with van der Waals surface area (Å²) < 4.78 is 5.46. The number of ether oxygens (including phenoxy) is 1. The number of carbonyl (C=O) groups is 1. The quantitative estimate of drug-likeness (QED) is 0.714. The van der Waals surface area contributed by atoms with Crippen LogP contribution in [0.3, 0.4) is 0 Å². The second-order valence-corrected chi connectivity index (χ2v) is 7.37. The van der Waals surface area contributed by atoms with Crippen molar-refractivity contribution < 1.29 is 9.53 Å². The van der Waals surface area contributed by atoms with Crippen LogP contribution in [0, 0.1) is 0 Å². The number of halogens is 1. The van der Waals surface area contributed by atoms with Crippen molar-refractivity contribution in [2.45, 2.75) is 19.1 Å². The number of nitrogens with two attached hydrogens (primary N) is 1. The number of hydrogen-bond acceptors (Lipinski definition) is 4. The van der Waals surface area contributed by atoms with Gasteiger partial charge >= 0.3 is 0 Å². The van der Waals surface area contributed by atoms with Crippen LogP contribution in [0.5, 0.6) is 0 Å². The molecule has 1 aromatic heterocycles. The van der Waals surface area contributed by atoms with Crippen LogP contribution < -0.4 is 11.1 Å². The Morgan fingerprint density at radius 1 is 1.19 bits per heavy atom. The van der Waals surface area contributed by atoms with E-state index in [0.717, 1.165) is 34.4 Å². The minimum Gasteiger partial charge on any atom is -0.376 e. The highest BCUT2D eigenvalue weighted by molar-refractivity contribution is 7.14. The average molecular weight is 389 g/mol. The fourth-order valence-electron chi connectivity index (χ4n) is 3.19. The van der Waals surface area contributed by atoms with E-state index < -0.39 is 0 Å². The van der Waals surface area contributed by atoms with Gasteiger partial charge in [-0.3, -0.25) is 4.79 Å². The van der Waals surface area contributed by atoms with Crippen LogP contribution in [0.15, 0.2) is 48.5 Å². The molecule has 1 unspecified atom stereocenters. The Morgan fingerprint density at radius 2 is 2.00 bits per heavy atom. The number of amides is 1. The van der Waals surface area contributed by atoms with Gasteiger partial charge in [0.05, 0.1) is 24.1 Å². The minimum absolute atomic E-state index is 0. The molecule has 2 heterocycles. The number of nitrogens with one attached hydrogen (secondary N) is 1. The lowest BCUT2D eigenvalue weighted by atomic mass is 10.0. The summed E-state index contributed by atoms with van der Waals surface area (Å²) in [6.45, 7) is 1.69. The van der Waals surface area contributed by atoms with Crippen molar-refractivity contribution in [1.29, 1.82) is 0 Å². The van der Waals surface area contributed by atoms with Crippen molar-refractivity contribution in [3.8, 4) is 0 Å². The second kappa shape index (κ2) is 8.18. The Morgan fingerprint density at radius 3 is 2.77 bits per heavy atom. The SMILES string of the molecule is Cl.NCC(NC(=O)c1cc2c(s1)CCOC2)c1ccc2ccccc2c1. The van der Waals surface area contributed by atoms with Crippen molar-refractivity contribution in [1.82, 2.24) is 5.32 Å². The number of thiophene rings is 1. The molecular formula is C20H21ClN2O2S. The summed E-state index contributed by atoms with van der Waals surface area (Å²) in [5, 5.41) is 5.41. The van der Waals surface area contributed by atoms with Gasteiger partial charge in [0, 0.05) is 17.8 Å². The molecule has 2 aromatic carbocycles. The molecule has 1 aliphatic heterocycles. The van der Waals surface area contributed by atoms with E-state index in [-0.39, 0.29) is 24.4 Å². The standard InChI is InChI=1S/C20H20N2O2S.ClH/c21-11-17(15-6-5-13-3-1-2-4-14(13)9-15)22-20(23)19-10-16-12-24-8-7-18(16)25-19;/h1-6,9-10,17H,7-8,11-12,21H2,(H,22,23);1H. The van der Waals surface area contributed by atoms with Gasteiger partial charge in [-0.1, -0.05) is 36.4 Å². The van der Waals surface area contributed by atoms with E-state index in [9.17, 15) is 4.79 Å². The molecule has 6 heteroatoms. The summed E-state index contributed by atoms with van der Waals surface area (Å²) in [4.78, 5) is 14.7. The average Bonchev–Trinajstić information content (AvgIpc) is 3.10. The predicted octanol–water partition coefficient (Wildman–Crippen LogP) is 3.83. The summed E-state index contributed by atoms with van der Waals surface area (Å²) in [5.41, 5.74) is 8.10. The first-order chi connectivity index (χ1) is 12.2. The maximum atomic E-state index is 12.7. The highest BCUT2D eigenvalue weighted by Gasteiger charge is 2.20. The normalized spacial score (nSPS) is 14.3. The molecule has 0 aliphatic carbocycles. The first kappa shape index (κ1) is 18.9. The van der Waals surface area contributed by atoms with Crippen LogP contribution in [0.2, 0.25) is 0 Å². The molecule has 1 atom stereocenters. The molecule has 1 amide bonds. The molecule has 4 rings (SSSR count). The summed E-state index contributed by atoms with van der Waals surface area (Å²) in [6, 6.07) is 16.1. The lowest BCUT2D eigenvalue weighted by Gasteiger charge is -2.17. The molecule has 136 valence electrons. The molecule has 0 bridgehead atoms. The summed E-state index contributed by atoms with van der Waals surface area (Å²) >= 11 is 1.56. The molecule has 4 nitrogen and oxygen atoms in total. The lowest BCUT2D eigenvalue weighted by Crippen LogP contribution is -2.33. The van der Waals surface area contributed by atoms with E-state index in [2.05, 4.69) is 29.6 Å². The van der Waals surface area contributed by atoms with E-state index in [1.807, 2.05) is 24.3 Å². The summed E-state index contributed by atoms with van der Waals surface area (Å²) in [5.74, 6) is -0.0667. The summed E-state index contributed by atoms with van der Waals surface area (Å²) in [7, 11) is 0. The fraction of sp³-hybridized carbons (Fsp3) is 0.250. The Kier molecular flexibility index (Phi) is 5.94. The van der Waals surface area contributed by atoms with Crippen LogP contribution in [0.4, 0.5) is 0 Å². The van der Waals surface area contributed by atoms with E-state index in [1.54, 1.807) is 11.3 Å². The van der Waals surface area contributed by atoms with Gasteiger partial charge in [-0.2, -0.15) is 0 Å². The fourth-order valence-corrected chi connectivity index (χ4v) is 4.24. The lowest BCUT2D eigenvalue weighted by molar-refractivity contribution is 0.0941. The van der Waals surface area contributed by atoms with Gasteiger partial charge in [0.2, 0.25) is 0 Å². The molecule has 3 aromatic rings. The maximum absolute atomic E-state index is 12.7. The molecule has 1 aliphatic rings. The van der Waals surface area contributed by atoms with Crippen LogP contribution in [0.25, 0.3) is 10.8 Å². The second-order valence-electron chi connectivity index (χ2n) is 6.23. The molecule has 0 fully saturated rings. The highest BCUT2D eigenvalue weighted by atomic mass is 35.5. The first-order valence-corrected chi connectivity index (χ1v) is 9.25. The molecule has 0 saturated carbocycles. The number of hydrogen-bond donors (Lipinski definition) is 2. The zero-order valence-electron chi connectivity index (χ0n) is 14.2.